The number of nitrogens with one attached hydrogen (secondary N) is 1. The van der Waals surface area contributed by atoms with Crippen LogP contribution in [0.25, 0.3) is 33.9 Å². The van der Waals surface area contributed by atoms with Crippen molar-refractivity contribution in [2.75, 3.05) is 7.11 Å². The van der Waals surface area contributed by atoms with E-state index >= 15 is 0 Å². The number of primary amides is 1. The maximum atomic E-state index is 11.5. The third-order valence-corrected chi connectivity index (χ3v) is 3.93. The average Bonchev–Trinajstić information content (AvgIpc) is 3.23. The van der Waals surface area contributed by atoms with E-state index in [0.717, 1.165) is 11.3 Å². The van der Waals surface area contributed by atoms with Gasteiger partial charge >= 0.3 is 0 Å². The minimum atomic E-state index is -0.534. The van der Waals surface area contributed by atoms with Crippen LogP contribution in [0.3, 0.4) is 0 Å². The lowest BCUT2D eigenvalue weighted by Crippen LogP contribution is -2.20. The summed E-state index contributed by atoms with van der Waals surface area (Å²) in [4.78, 5) is 32.2. The second-order valence-corrected chi connectivity index (χ2v) is 5.87. The van der Waals surface area contributed by atoms with Gasteiger partial charge in [-0.25, -0.2) is 19.6 Å². The highest BCUT2D eigenvalue weighted by molar-refractivity contribution is 5.89. The standard InChI is InChI=1S/C17H16N8O2/c1-9-21-13-7-19-6-11(15(13)22-9)17-23-16(24-25(17)8-14(18)26)12-4-3-10(27-2)5-20-12/h3-7H,8H2,1-2H3,(H2,18,26)(H,21,22). The summed E-state index contributed by atoms with van der Waals surface area (Å²) in [6, 6.07) is 3.50. The van der Waals surface area contributed by atoms with Gasteiger partial charge in [-0.3, -0.25) is 9.78 Å². The molecule has 1 amide bonds. The van der Waals surface area contributed by atoms with Crippen LogP contribution in [-0.4, -0.2) is 47.7 Å². The SMILES string of the molecule is COc1ccc(-c2nc(-c3cncc4[nH]c(C)nc34)n(CC(N)=O)n2)nc1. The van der Waals surface area contributed by atoms with Gasteiger partial charge in [-0.05, 0) is 19.1 Å². The zero-order chi connectivity index (χ0) is 19.0. The first-order chi connectivity index (χ1) is 13.0. The van der Waals surface area contributed by atoms with Crippen molar-refractivity contribution >= 4 is 16.9 Å². The summed E-state index contributed by atoms with van der Waals surface area (Å²) in [5.41, 5.74) is 8.02. The Kier molecular flexibility index (Phi) is 3.99. The van der Waals surface area contributed by atoms with Gasteiger partial charge in [0.05, 0.1) is 30.6 Å². The fourth-order valence-corrected chi connectivity index (χ4v) is 2.76. The van der Waals surface area contributed by atoms with Crippen molar-refractivity contribution < 1.29 is 9.53 Å². The van der Waals surface area contributed by atoms with E-state index in [0.29, 0.717) is 34.2 Å². The van der Waals surface area contributed by atoms with Gasteiger partial charge in [0.25, 0.3) is 0 Å². The van der Waals surface area contributed by atoms with E-state index in [9.17, 15) is 4.79 Å². The van der Waals surface area contributed by atoms with Gasteiger partial charge in [0, 0.05) is 6.20 Å². The van der Waals surface area contributed by atoms with Crippen molar-refractivity contribution in [1.29, 1.82) is 0 Å². The monoisotopic (exact) mass is 364 g/mol. The molecule has 0 aliphatic carbocycles. The van der Waals surface area contributed by atoms with Crippen LogP contribution in [0.5, 0.6) is 5.75 Å². The second-order valence-electron chi connectivity index (χ2n) is 5.87. The van der Waals surface area contributed by atoms with Crippen LogP contribution in [0.15, 0.2) is 30.7 Å². The lowest BCUT2D eigenvalue weighted by molar-refractivity contribution is -0.118. The number of carbonyl (C=O) groups is 1. The number of amides is 1. The summed E-state index contributed by atoms with van der Waals surface area (Å²) in [6.45, 7) is 1.73. The van der Waals surface area contributed by atoms with Gasteiger partial charge in [0.1, 0.15) is 29.3 Å². The third kappa shape index (κ3) is 3.08. The topological polar surface area (TPSA) is 137 Å². The van der Waals surface area contributed by atoms with Crippen molar-refractivity contribution in [3.63, 3.8) is 0 Å². The molecule has 0 unspecified atom stereocenters. The smallest absolute Gasteiger partial charge is 0.239 e. The van der Waals surface area contributed by atoms with Crippen LogP contribution in [0, 0.1) is 6.92 Å². The molecular formula is C17H16N8O2. The number of pyridine rings is 2. The summed E-state index contributed by atoms with van der Waals surface area (Å²) < 4.78 is 6.55. The Morgan fingerprint density at radius 3 is 2.81 bits per heavy atom. The number of carbonyl (C=O) groups excluding carboxylic acids is 1. The van der Waals surface area contributed by atoms with Crippen molar-refractivity contribution in [2.24, 2.45) is 5.73 Å². The largest absolute Gasteiger partial charge is 0.495 e. The van der Waals surface area contributed by atoms with Crippen LogP contribution in [0.1, 0.15) is 5.82 Å². The minimum absolute atomic E-state index is 0.127. The van der Waals surface area contributed by atoms with Crippen molar-refractivity contribution in [3.8, 4) is 28.7 Å². The zero-order valence-electron chi connectivity index (χ0n) is 14.7. The first kappa shape index (κ1) is 16.6. The molecular weight excluding hydrogens is 348 g/mol. The summed E-state index contributed by atoms with van der Waals surface area (Å²) in [5, 5.41) is 4.40. The number of H-pyrrole nitrogens is 1. The number of aromatic amines is 1. The van der Waals surface area contributed by atoms with Crippen molar-refractivity contribution in [3.05, 3.63) is 36.5 Å². The molecule has 0 spiro atoms. The lowest BCUT2D eigenvalue weighted by atomic mass is 10.2. The highest BCUT2D eigenvalue weighted by atomic mass is 16.5. The number of nitrogens with two attached hydrogens (primary N) is 1. The highest BCUT2D eigenvalue weighted by Gasteiger charge is 2.19. The van der Waals surface area contributed by atoms with Gasteiger partial charge in [0.2, 0.25) is 5.91 Å². The molecule has 27 heavy (non-hydrogen) atoms. The van der Waals surface area contributed by atoms with Gasteiger partial charge in [-0.2, -0.15) is 0 Å². The van der Waals surface area contributed by atoms with Crippen molar-refractivity contribution in [2.45, 2.75) is 13.5 Å². The summed E-state index contributed by atoms with van der Waals surface area (Å²) in [7, 11) is 1.56. The molecule has 0 fully saturated rings. The number of hydrogen-bond donors (Lipinski definition) is 2. The predicted molar refractivity (Wildman–Crippen MR) is 96.6 cm³/mol. The molecule has 0 aliphatic rings. The number of hydrogen-bond acceptors (Lipinski definition) is 7. The summed E-state index contributed by atoms with van der Waals surface area (Å²) in [5.74, 6) is 1.63. The van der Waals surface area contributed by atoms with Crippen LogP contribution in [-0.2, 0) is 11.3 Å². The molecule has 10 heteroatoms. The van der Waals surface area contributed by atoms with Gasteiger partial charge in [-0.15, -0.1) is 5.10 Å². The fraction of sp³-hybridized carbons (Fsp3) is 0.176. The minimum Gasteiger partial charge on any atom is -0.495 e. The molecule has 4 heterocycles. The molecule has 136 valence electrons. The number of fused-ring (bicyclic) bond motifs is 1. The number of rotatable bonds is 5. The molecule has 0 aliphatic heterocycles. The van der Waals surface area contributed by atoms with Crippen LogP contribution in [0.4, 0.5) is 0 Å². The maximum Gasteiger partial charge on any atom is 0.239 e. The van der Waals surface area contributed by atoms with Crippen molar-refractivity contribution in [1.82, 2.24) is 34.7 Å². The van der Waals surface area contributed by atoms with E-state index in [1.54, 1.807) is 37.8 Å². The molecule has 0 radical (unpaired) electrons. The molecule has 10 nitrogen and oxygen atoms in total. The quantitative estimate of drug-likeness (QED) is 0.540. The molecule has 4 aromatic heterocycles. The Bertz CT molecular complexity index is 1130. The Balaban J connectivity index is 1.87. The molecule has 0 saturated carbocycles. The van der Waals surface area contributed by atoms with Gasteiger partial charge in [-0.1, -0.05) is 0 Å². The molecule has 0 aromatic carbocycles. The maximum absolute atomic E-state index is 11.5. The molecule has 3 N–H and O–H groups in total. The van der Waals surface area contributed by atoms with E-state index in [4.69, 9.17) is 10.5 Å². The molecule has 0 saturated heterocycles. The molecule has 4 aromatic rings. The van der Waals surface area contributed by atoms with Crippen LogP contribution < -0.4 is 10.5 Å². The fourth-order valence-electron chi connectivity index (χ4n) is 2.76. The van der Waals surface area contributed by atoms with Crippen LogP contribution >= 0.6 is 0 Å². The number of ether oxygens (including phenoxy) is 1. The second kappa shape index (κ2) is 6.48. The summed E-state index contributed by atoms with van der Waals surface area (Å²) >= 11 is 0. The Hall–Kier alpha value is -3.82. The van der Waals surface area contributed by atoms with E-state index in [2.05, 4.69) is 30.0 Å². The zero-order valence-corrected chi connectivity index (χ0v) is 14.7. The molecule has 0 bridgehead atoms. The predicted octanol–water partition coefficient (Wildman–Crippen LogP) is 1.08. The van der Waals surface area contributed by atoms with E-state index in [-0.39, 0.29) is 6.54 Å². The number of methoxy groups -OCH3 is 1. The Morgan fingerprint density at radius 2 is 2.11 bits per heavy atom. The van der Waals surface area contributed by atoms with Gasteiger partial charge < -0.3 is 15.5 Å². The molecule has 4 rings (SSSR count). The highest BCUT2D eigenvalue weighted by Crippen LogP contribution is 2.27. The number of aryl methyl sites for hydroxylation is 1. The number of nitrogens with zero attached hydrogens (tertiary/aromatic N) is 6. The number of aromatic nitrogens is 7. The number of imidazole rings is 1. The van der Waals surface area contributed by atoms with E-state index in [1.165, 1.54) is 4.68 Å². The lowest BCUT2D eigenvalue weighted by Gasteiger charge is -2.03. The third-order valence-electron chi connectivity index (χ3n) is 3.93. The summed E-state index contributed by atoms with van der Waals surface area (Å²) in [6.07, 6.45) is 4.89. The Morgan fingerprint density at radius 1 is 1.26 bits per heavy atom. The van der Waals surface area contributed by atoms with Crippen LogP contribution in [0.2, 0.25) is 0 Å². The van der Waals surface area contributed by atoms with E-state index < -0.39 is 5.91 Å². The molecule has 0 atom stereocenters. The average molecular weight is 364 g/mol. The first-order valence-corrected chi connectivity index (χ1v) is 8.09. The first-order valence-electron chi connectivity index (χ1n) is 8.09. The van der Waals surface area contributed by atoms with Gasteiger partial charge in [0.15, 0.2) is 11.6 Å². The van der Waals surface area contributed by atoms with E-state index in [1.807, 2.05) is 6.92 Å². The normalized spacial score (nSPS) is 11.0. The Labute approximate surface area is 153 Å².